The van der Waals surface area contributed by atoms with Crippen LogP contribution in [0.5, 0.6) is 0 Å². The zero-order valence-electron chi connectivity index (χ0n) is 8.05. The Morgan fingerprint density at radius 3 is 2.93 bits per heavy atom. The molecule has 1 amide bonds. The van der Waals surface area contributed by atoms with Crippen molar-refractivity contribution in [2.45, 2.75) is 18.3 Å². The number of nitrogens with two attached hydrogens (primary N) is 1. The lowest BCUT2D eigenvalue weighted by molar-refractivity contribution is -0.123. The molecule has 0 spiro atoms. The number of carbonyl (C=O) groups is 1. The molecule has 0 aromatic carbocycles. The number of hydrogen-bond acceptors (Lipinski definition) is 2. The van der Waals surface area contributed by atoms with E-state index < -0.39 is 0 Å². The first-order chi connectivity index (χ1) is 6.79. The average Bonchev–Trinajstić information content (AvgIpc) is 2.83. The number of aromatic amines is 1. The molecule has 0 unspecified atom stereocenters. The van der Waals surface area contributed by atoms with E-state index in [2.05, 4.69) is 10.3 Å². The van der Waals surface area contributed by atoms with Gasteiger partial charge in [-0.1, -0.05) is 0 Å². The summed E-state index contributed by atoms with van der Waals surface area (Å²) < 4.78 is 0. The third-order valence-corrected chi connectivity index (χ3v) is 2.73. The van der Waals surface area contributed by atoms with Crippen LogP contribution in [0.4, 0.5) is 0 Å². The molecule has 4 N–H and O–H groups in total. The minimum absolute atomic E-state index is 0.102. The molecular formula is C10H15N3O. The van der Waals surface area contributed by atoms with E-state index in [0.29, 0.717) is 13.1 Å². The maximum atomic E-state index is 11.8. The van der Waals surface area contributed by atoms with Gasteiger partial charge < -0.3 is 16.0 Å². The zero-order chi connectivity index (χ0) is 10.0. The van der Waals surface area contributed by atoms with Crippen molar-refractivity contribution in [2.75, 3.05) is 13.1 Å². The number of carbonyl (C=O) groups excluding carboxylic acids is 1. The summed E-state index contributed by atoms with van der Waals surface area (Å²) in [5.74, 6) is 0.102. The van der Waals surface area contributed by atoms with E-state index in [4.69, 9.17) is 5.73 Å². The molecule has 1 aliphatic rings. The molecule has 1 aromatic rings. The van der Waals surface area contributed by atoms with Gasteiger partial charge in [-0.3, -0.25) is 4.79 Å². The topological polar surface area (TPSA) is 70.9 Å². The number of nitrogens with one attached hydrogen (secondary N) is 2. The van der Waals surface area contributed by atoms with Crippen molar-refractivity contribution in [1.29, 1.82) is 0 Å². The van der Waals surface area contributed by atoms with Gasteiger partial charge in [0.15, 0.2) is 0 Å². The molecule has 76 valence electrons. The van der Waals surface area contributed by atoms with Gasteiger partial charge in [-0.05, 0) is 25.0 Å². The Kier molecular flexibility index (Phi) is 2.29. The molecule has 1 fully saturated rings. The summed E-state index contributed by atoms with van der Waals surface area (Å²) in [6, 6.07) is 3.89. The van der Waals surface area contributed by atoms with Crippen LogP contribution in [0.15, 0.2) is 18.3 Å². The minimum atomic E-state index is -0.279. The van der Waals surface area contributed by atoms with E-state index in [-0.39, 0.29) is 11.3 Å². The van der Waals surface area contributed by atoms with Gasteiger partial charge in [-0.15, -0.1) is 0 Å². The van der Waals surface area contributed by atoms with Crippen molar-refractivity contribution in [3.8, 4) is 0 Å². The Labute approximate surface area is 82.9 Å². The highest BCUT2D eigenvalue weighted by Crippen LogP contribution is 2.47. The predicted molar refractivity (Wildman–Crippen MR) is 53.8 cm³/mol. The number of hydrogen-bond donors (Lipinski definition) is 3. The summed E-state index contributed by atoms with van der Waals surface area (Å²) in [7, 11) is 0. The molecule has 4 heteroatoms. The Morgan fingerprint density at radius 2 is 2.43 bits per heavy atom. The van der Waals surface area contributed by atoms with E-state index in [1.54, 1.807) is 0 Å². The number of amides is 1. The number of rotatable bonds is 4. The predicted octanol–water partition coefficient (Wildman–Crippen LogP) is 0.121. The van der Waals surface area contributed by atoms with Gasteiger partial charge in [0.05, 0.1) is 5.41 Å². The highest BCUT2D eigenvalue weighted by Gasteiger charge is 2.51. The van der Waals surface area contributed by atoms with Crippen LogP contribution in [0.1, 0.15) is 18.5 Å². The summed E-state index contributed by atoms with van der Waals surface area (Å²) in [6.45, 7) is 1.05. The van der Waals surface area contributed by atoms with E-state index in [1.165, 1.54) is 0 Å². The highest BCUT2D eigenvalue weighted by molar-refractivity contribution is 5.90. The Hall–Kier alpha value is -1.29. The SMILES string of the molecule is NCCNC(=O)C1(c2ccc[nH]2)CC1. The summed E-state index contributed by atoms with van der Waals surface area (Å²) in [5, 5.41) is 2.84. The average molecular weight is 193 g/mol. The monoisotopic (exact) mass is 193 g/mol. The molecule has 1 heterocycles. The van der Waals surface area contributed by atoms with Crippen LogP contribution in [-0.4, -0.2) is 24.0 Å². The fraction of sp³-hybridized carbons (Fsp3) is 0.500. The lowest BCUT2D eigenvalue weighted by Crippen LogP contribution is -2.37. The van der Waals surface area contributed by atoms with E-state index in [1.807, 2.05) is 18.3 Å². The molecule has 0 aliphatic heterocycles. The van der Waals surface area contributed by atoms with Crippen LogP contribution in [-0.2, 0) is 10.2 Å². The van der Waals surface area contributed by atoms with Crippen molar-refractivity contribution in [3.63, 3.8) is 0 Å². The van der Waals surface area contributed by atoms with Crippen molar-refractivity contribution < 1.29 is 4.79 Å². The lowest BCUT2D eigenvalue weighted by atomic mass is 10.0. The van der Waals surface area contributed by atoms with Crippen LogP contribution in [0, 0.1) is 0 Å². The second-order valence-corrected chi connectivity index (χ2v) is 3.71. The Bertz CT molecular complexity index is 314. The fourth-order valence-electron chi connectivity index (χ4n) is 1.73. The first-order valence-electron chi connectivity index (χ1n) is 4.92. The van der Waals surface area contributed by atoms with Gasteiger partial charge >= 0.3 is 0 Å². The minimum Gasteiger partial charge on any atom is -0.364 e. The van der Waals surface area contributed by atoms with E-state index >= 15 is 0 Å². The summed E-state index contributed by atoms with van der Waals surface area (Å²) in [5.41, 5.74) is 6.08. The molecule has 0 saturated heterocycles. The molecular weight excluding hydrogens is 178 g/mol. The summed E-state index contributed by atoms with van der Waals surface area (Å²) in [4.78, 5) is 14.9. The molecule has 0 atom stereocenters. The van der Waals surface area contributed by atoms with Crippen LogP contribution in [0.2, 0.25) is 0 Å². The molecule has 1 aliphatic carbocycles. The third-order valence-electron chi connectivity index (χ3n) is 2.73. The van der Waals surface area contributed by atoms with Crippen molar-refractivity contribution >= 4 is 5.91 Å². The molecule has 1 saturated carbocycles. The van der Waals surface area contributed by atoms with E-state index in [9.17, 15) is 4.79 Å². The van der Waals surface area contributed by atoms with Crippen LogP contribution in [0.3, 0.4) is 0 Å². The van der Waals surface area contributed by atoms with Crippen molar-refractivity contribution in [2.24, 2.45) is 5.73 Å². The van der Waals surface area contributed by atoms with Gasteiger partial charge in [0.25, 0.3) is 0 Å². The second-order valence-electron chi connectivity index (χ2n) is 3.71. The normalized spacial score (nSPS) is 17.8. The first kappa shape index (κ1) is 9.27. The third kappa shape index (κ3) is 1.42. The second kappa shape index (κ2) is 3.46. The molecule has 4 nitrogen and oxygen atoms in total. The van der Waals surface area contributed by atoms with Crippen molar-refractivity contribution in [1.82, 2.24) is 10.3 Å². The smallest absolute Gasteiger partial charge is 0.232 e. The molecule has 2 rings (SSSR count). The van der Waals surface area contributed by atoms with E-state index in [0.717, 1.165) is 18.5 Å². The van der Waals surface area contributed by atoms with Gasteiger partial charge in [-0.25, -0.2) is 0 Å². The molecule has 14 heavy (non-hydrogen) atoms. The lowest BCUT2D eigenvalue weighted by Gasteiger charge is -2.13. The Morgan fingerprint density at radius 1 is 1.64 bits per heavy atom. The number of H-pyrrole nitrogens is 1. The van der Waals surface area contributed by atoms with Crippen LogP contribution >= 0.6 is 0 Å². The fourth-order valence-corrected chi connectivity index (χ4v) is 1.73. The molecule has 0 bridgehead atoms. The number of aromatic nitrogens is 1. The van der Waals surface area contributed by atoms with Gasteiger partial charge in [0.1, 0.15) is 0 Å². The highest BCUT2D eigenvalue weighted by atomic mass is 16.2. The van der Waals surface area contributed by atoms with Crippen LogP contribution < -0.4 is 11.1 Å². The van der Waals surface area contributed by atoms with Crippen LogP contribution in [0.25, 0.3) is 0 Å². The molecule has 0 radical (unpaired) electrons. The van der Waals surface area contributed by atoms with Gasteiger partial charge in [0, 0.05) is 25.0 Å². The summed E-state index contributed by atoms with van der Waals surface area (Å²) in [6.07, 6.45) is 3.72. The van der Waals surface area contributed by atoms with Crippen molar-refractivity contribution in [3.05, 3.63) is 24.0 Å². The zero-order valence-corrected chi connectivity index (χ0v) is 8.05. The van der Waals surface area contributed by atoms with Gasteiger partial charge in [-0.2, -0.15) is 0 Å². The first-order valence-corrected chi connectivity index (χ1v) is 4.92. The largest absolute Gasteiger partial charge is 0.364 e. The van der Waals surface area contributed by atoms with Gasteiger partial charge in [0.2, 0.25) is 5.91 Å². The maximum absolute atomic E-state index is 11.8. The standard InChI is InChI=1S/C10H15N3O/c11-5-7-13-9(14)10(3-4-10)8-2-1-6-12-8/h1-2,6,12H,3-5,7,11H2,(H,13,14). The maximum Gasteiger partial charge on any atom is 0.232 e. The quantitative estimate of drug-likeness (QED) is 0.635. The summed E-state index contributed by atoms with van der Waals surface area (Å²) >= 11 is 0. The Balaban J connectivity index is 2.06. The molecule has 1 aromatic heterocycles.